The van der Waals surface area contributed by atoms with Crippen LogP contribution in [0.5, 0.6) is 0 Å². The lowest BCUT2D eigenvalue weighted by atomic mass is 10.1. The highest BCUT2D eigenvalue weighted by molar-refractivity contribution is 6.53. The van der Waals surface area contributed by atoms with E-state index in [1.165, 1.54) is 0 Å². The topological polar surface area (TPSA) is 41.6 Å². The number of alkyl halides is 2. The van der Waals surface area contributed by atoms with Gasteiger partial charge < -0.3 is 10.1 Å². The highest BCUT2D eigenvalue weighted by atomic mass is 35.5. The van der Waals surface area contributed by atoms with Crippen molar-refractivity contribution in [2.75, 3.05) is 32.8 Å². The van der Waals surface area contributed by atoms with Gasteiger partial charge in [0.15, 0.2) is 0 Å². The van der Waals surface area contributed by atoms with Crippen LogP contribution in [0.25, 0.3) is 0 Å². The normalized spacial score (nSPS) is 32.9. The van der Waals surface area contributed by atoms with Crippen LogP contribution in [0.15, 0.2) is 0 Å². The van der Waals surface area contributed by atoms with Gasteiger partial charge in [0.2, 0.25) is 5.91 Å². The lowest BCUT2D eigenvalue weighted by molar-refractivity contribution is -0.126. The maximum absolute atomic E-state index is 12.1. The van der Waals surface area contributed by atoms with Crippen molar-refractivity contribution in [2.45, 2.75) is 30.6 Å². The molecule has 18 heavy (non-hydrogen) atoms. The molecule has 0 aromatic carbocycles. The van der Waals surface area contributed by atoms with Gasteiger partial charge in [0.05, 0.1) is 18.6 Å². The molecule has 104 valence electrons. The minimum Gasteiger partial charge on any atom is -0.379 e. The summed E-state index contributed by atoms with van der Waals surface area (Å²) < 4.78 is 4.40. The molecule has 1 aliphatic carbocycles. The molecule has 0 unspecified atom stereocenters. The molecule has 6 heteroatoms. The molecule has 1 heterocycles. The zero-order valence-electron chi connectivity index (χ0n) is 10.8. The molecule has 1 saturated carbocycles. The molecule has 0 bridgehead atoms. The third kappa shape index (κ3) is 2.93. The first-order valence-electron chi connectivity index (χ1n) is 6.34. The Morgan fingerprint density at radius 1 is 1.44 bits per heavy atom. The van der Waals surface area contributed by atoms with Crippen molar-refractivity contribution in [3.8, 4) is 0 Å². The average Bonchev–Trinajstić information content (AvgIpc) is 2.80. The van der Waals surface area contributed by atoms with Crippen LogP contribution in [-0.2, 0) is 9.53 Å². The van der Waals surface area contributed by atoms with Gasteiger partial charge in [-0.15, -0.1) is 23.2 Å². The van der Waals surface area contributed by atoms with Gasteiger partial charge in [0.1, 0.15) is 4.33 Å². The van der Waals surface area contributed by atoms with Gasteiger partial charge >= 0.3 is 0 Å². The summed E-state index contributed by atoms with van der Waals surface area (Å²) in [6.07, 6.45) is 0.527. The van der Waals surface area contributed by atoms with Crippen LogP contribution >= 0.6 is 23.2 Å². The Bertz CT molecular complexity index is 332. The van der Waals surface area contributed by atoms with E-state index >= 15 is 0 Å². The van der Waals surface area contributed by atoms with E-state index in [4.69, 9.17) is 27.9 Å². The van der Waals surface area contributed by atoms with E-state index in [0.717, 1.165) is 32.8 Å². The predicted molar refractivity (Wildman–Crippen MR) is 72.0 cm³/mol. The van der Waals surface area contributed by atoms with Crippen molar-refractivity contribution < 1.29 is 9.53 Å². The lowest BCUT2D eigenvalue weighted by Crippen LogP contribution is -2.47. The van der Waals surface area contributed by atoms with Crippen LogP contribution in [-0.4, -0.2) is 54.0 Å². The van der Waals surface area contributed by atoms with Crippen LogP contribution in [0.4, 0.5) is 0 Å². The number of rotatable bonds is 4. The van der Waals surface area contributed by atoms with Crippen molar-refractivity contribution in [1.82, 2.24) is 10.2 Å². The summed E-state index contributed by atoms with van der Waals surface area (Å²) in [5.41, 5.74) is -0.630. The van der Waals surface area contributed by atoms with Crippen LogP contribution < -0.4 is 5.32 Å². The predicted octanol–water partition coefficient (Wildman–Crippen LogP) is 1.41. The van der Waals surface area contributed by atoms with Gasteiger partial charge in [0.25, 0.3) is 0 Å². The number of morpholine rings is 1. The second kappa shape index (κ2) is 5.16. The summed E-state index contributed by atoms with van der Waals surface area (Å²) in [7, 11) is 0. The van der Waals surface area contributed by atoms with Crippen LogP contribution in [0.3, 0.4) is 0 Å². The second-order valence-corrected chi connectivity index (χ2v) is 6.98. The highest BCUT2D eigenvalue weighted by Crippen LogP contribution is 2.63. The molecule has 0 aromatic rings. The van der Waals surface area contributed by atoms with E-state index in [1.54, 1.807) is 0 Å². The molecular formula is C12H20Cl2N2O2. The number of halogens is 2. The number of ether oxygens (including phenoxy) is 1. The summed E-state index contributed by atoms with van der Waals surface area (Å²) in [5.74, 6) is -0.0479. The van der Waals surface area contributed by atoms with Crippen molar-refractivity contribution >= 4 is 29.1 Å². The van der Waals surface area contributed by atoms with Gasteiger partial charge in [-0.3, -0.25) is 9.69 Å². The molecule has 1 amide bonds. The third-order valence-electron chi connectivity index (χ3n) is 3.77. The molecular weight excluding hydrogens is 275 g/mol. The fourth-order valence-corrected chi connectivity index (χ4v) is 2.95. The highest BCUT2D eigenvalue weighted by Gasteiger charge is 2.67. The smallest absolute Gasteiger partial charge is 0.229 e. The summed E-state index contributed by atoms with van der Waals surface area (Å²) in [6, 6.07) is 0.0946. The molecule has 2 rings (SSSR count). The van der Waals surface area contributed by atoms with Crippen LogP contribution in [0.2, 0.25) is 0 Å². The van der Waals surface area contributed by atoms with Gasteiger partial charge in [0, 0.05) is 25.7 Å². The number of amides is 1. The molecule has 1 N–H and O–H groups in total. The maximum atomic E-state index is 12.1. The Morgan fingerprint density at radius 3 is 2.50 bits per heavy atom. The van der Waals surface area contributed by atoms with E-state index in [2.05, 4.69) is 10.2 Å². The van der Waals surface area contributed by atoms with Crippen molar-refractivity contribution in [3.05, 3.63) is 0 Å². The van der Waals surface area contributed by atoms with Crippen LogP contribution in [0, 0.1) is 5.41 Å². The van der Waals surface area contributed by atoms with Gasteiger partial charge in [-0.2, -0.15) is 0 Å². The standard InChI is InChI=1S/C12H20Cl2N2O2/c1-9(7-16-3-5-18-6-4-16)15-10(17)11(2)8-12(11,13)14/h9H,3-8H2,1-2H3,(H,15,17)/t9-,11-/m1/s1. The molecule has 0 aromatic heterocycles. The van der Waals surface area contributed by atoms with Gasteiger partial charge in [-0.25, -0.2) is 0 Å². The summed E-state index contributed by atoms with van der Waals surface area (Å²) >= 11 is 12.0. The van der Waals surface area contributed by atoms with E-state index in [9.17, 15) is 4.79 Å². The largest absolute Gasteiger partial charge is 0.379 e. The Hall–Kier alpha value is -0.0300. The van der Waals surface area contributed by atoms with E-state index in [-0.39, 0.29) is 11.9 Å². The van der Waals surface area contributed by atoms with Gasteiger partial charge in [-0.1, -0.05) is 0 Å². The first-order chi connectivity index (χ1) is 8.35. The van der Waals surface area contributed by atoms with Crippen molar-refractivity contribution in [2.24, 2.45) is 5.41 Å². The van der Waals surface area contributed by atoms with Crippen molar-refractivity contribution in [3.63, 3.8) is 0 Å². The fraction of sp³-hybridized carbons (Fsp3) is 0.917. The SMILES string of the molecule is C[C@H](CN1CCOCC1)NC(=O)[C@@]1(C)CC1(Cl)Cl. The fourth-order valence-electron chi connectivity index (χ4n) is 2.25. The van der Waals surface area contributed by atoms with E-state index in [0.29, 0.717) is 6.42 Å². The maximum Gasteiger partial charge on any atom is 0.229 e. The second-order valence-electron chi connectivity index (χ2n) is 5.50. The zero-order chi connectivity index (χ0) is 13.4. The molecule has 0 radical (unpaired) electrons. The summed E-state index contributed by atoms with van der Waals surface area (Å²) in [6.45, 7) is 8.03. The number of carbonyl (C=O) groups excluding carboxylic acids is 1. The molecule has 0 spiro atoms. The molecule has 2 aliphatic rings. The third-order valence-corrected chi connectivity index (χ3v) is 4.87. The Morgan fingerprint density at radius 2 is 2.00 bits per heavy atom. The Labute approximate surface area is 118 Å². The van der Waals surface area contributed by atoms with Gasteiger partial charge in [-0.05, 0) is 20.3 Å². The molecule has 1 saturated heterocycles. The van der Waals surface area contributed by atoms with E-state index in [1.807, 2.05) is 13.8 Å². The molecule has 4 nitrogen and oxygen atoms in total. The average molecular weight is 295 g/mol. The van der Waals surface area contributed by atoms with E-state index < -0.39 is 9.75 Å². The number of hydrogen-bond acceptors (Lipinski definition) is 3. The number of nitrogens with one attached hydrogen (secondary N) is 1. The molecule has 2 fully saturated rings. The van der Waals surface area contributed by atoms with Crippen LogP contribution in [0.1, 0.15) is 20.3 Å². The first-order valence-corrected chi connectivity index (χ1v) is 7.10. The first kappa shape index (κ1) is 14.4. The Kier molecular flexibility index (Phi) is 4.12. The summed E-state index contributed by atoms with van der Waals surface area (Å²) in [5, 5.41) is 2.99. The Balaban J connectivity index is 1.77. The zero-order valence-corrected chi connectivity index (χ0v) is 12.4. The quantitative estimate of drug-likeness (QED) is 0.797. The monoisotopic (exact) mass is 294 g/mol. The number of carbonyl (C=O) groups is 1. The van der Waals surface area contributed by atoms with Crippen molar-refractivity contribution in [1.29, 1.82) is 0 Å². The molecule has 2 atom stereocenters. The number of hydrogen-bond donors (Lipinski definition) is 1. The number of nitrogens with zero attached hydrogens (tertiary/aromatic N) is 1. The summed E-state index contributed by atoms with van der Waals surface area (Å²) in [4.78, 5) is 14.4. The minimum atomic E-state index is -0.893. The minimum absolute atomic E-state index is 0.0479. The lowest BCUT2D eigenvalue weighted by Gasteiger charge is -2.29. The molecule has 1 aliphatic heterocycles.